The Morgan fingerprint density at radius 1 is 1.19 bits per heavy atom. The number of aryl methyl sites for hydroxylation is 1. The number of hydrogen-bond donors (Lipinski definition) is 1. The van der Waals surface area contributed by atoms with Crippen LogP contribution in [-0.4, -0.2) is 46.7 Å². The molecule has 0 atom stereocenters. The van der Waals surface area contributed by atoms with E-state index in [-0.39, 0.29) is 17.6 Å². The van der Waals surface area contributed by atoms with Crippen LogP contribution in [0.5, 0.6) is 0 Å². The van der Waals surface area contributed by atoms with Gasteiger partial charge >= 0.3 is 0 Å². The number of carbonyl (C=O) groups is 1. The summed E-state index contributed by atoms with van der Waals surface area (Å²) < 4.78 is 15.1. The third-order valence-corrected chi connectivity index (χ3v) is 6.60. The smallest absolute Gasteiger partial charge is 0.224 e. The van der Waals surface area contributed by atoms with Gasteiger partial charge in [-0.3, -0.25) is 14.8 Å². The Morgan fingerprint density at radius 2 is 2.00 bits per heavy atom. The van der Waals surface area contributed by atoms with Crippen LogP contribution in [0.4, 0.5) is 16.2 Å². The highest BCUT2D eigenvalue weighted by Crippen LogP contribution is 2.37. The fourth-order valence-corrected chi connectivity index (χ4v) is 4.58. The predicted octanol–water partition coefficient (Wildman–Crippen LogP) is 4.86. The van der Waals surface area contributed by atoms with Crippen molar-refractivity contribution in [1.82, 2.24) is 15.0 Å². The molecule has 0 unspecified atom stereocenters. The van der Waals surface area contributed by atoms with Crippen molar-refractivity contribution in [3.8, 4) is 0 Å². The second-order valence-electron chi connectivity index (χ2n) is 10.2. The average molecular weight is 485 g/mol. The summed E-state index contributed by atoms with van der Waals surface area (Å²) >= 11 is 0. The molecule has 1 N–H and O–H groups in total. The van der Waals surface area contributed by atoms with E-state index in [1.54, 1.807) is 31.6 Å². The Labute approximate surface area is 210 Å². The molecule has 0 saturated carbocycles. The summed E-state index contributed by atoms with van der Waals surface area (Å²) in [4.78, 5) is 33.2. The first-order valence-corrected chi connectivity index (χ1v) is 12.0. The number of carbonyl (C=O) groups excluding carboxylic acids is 1. The minimum atomic E-state index is -0.402. The van der Waals surface area contributed by atoms with Crippen molar-refractivity contribution in [2.24, 2.45) is 4.99 Å². The molecule has 0 radical (unpaired) electrons. The number of aliphatic imine (C=N–C) groups is 1. The lowest BCUT2D eigenvalue weighted by Crippen LogP contribution is -2.32. The molecule has 0 amide bonds. The van der Waals surface area contributed by atoms with Gasteiger partial charge in [0, 0.05) is 43.5 Å². The number of amidine groups is 1. The quantitative estimate of drug-likeness (QED) is 0.521. The molecule has 0 aliphatic carbocycles. The number of benzene rings is 1. The van der Waals surface area contributed by atoms with E-state index < -0.39 is 5.82 Å². The Bertz CT molecular complexity index is 1440. The summed E-state index contributed by atoms with van der Waals surface area (Å²) in [6, 6.07) is 6.98. The van der Waals surface area contributed by atoms with Crippen LogP contribution in [0.2, 0.25) is 0 Å². The lowest BCUT2D eigenvalue weighted by atomic mass is 9.87. The summed E-state index contributed by atoms with van der Waals surface area (Å²) in [5.74, 6) is 1.52. The van der Waals surface area contributed by atoms with Crippen LogP contribution >= 0.6 is 0 Å². The molecule has 2 aromatic heterocycles. The number of fused-ring (bicyclic) bond motifs is 3. The first kappa shape index (κ1) is 23.8. The number of anilines is 2. The topological polar surface area (TPSA) is 83.4 Å². The van der Waals surface area contributed by atoms with E-state index in [0.717, 1.165) is 39.5 Å². The Kier molecular flexibility index (Phi) is 5.90. The third-order valence-electron chi connectivity index (χ3n) is 6.60. The molecule has 3 aromatic rings. The lowest BCUT2D eigenvalue weighted by molar-refractivity contribution is 0.0987. The van der Waals surface area contributed by atoms with Crippen molar-refractivity contribution in [1.29, 1.82) is 0 Å². The molecule has 5 rings (SSSR count). The number of aromatic nitrogens is 3. The highest BCUT2D eigenvalue weighted by Gasteiger charge is 2.31. The van der Waals surface area contributed by atoms with E-state index in [2.05, 4.69) is 45.9 Å². The van der Waals surface area contributed by atoms with Crippen LogP contribution in [0.1, 0.15) is 59.1 Å². The maximum atomic E-state index is 15.1. The van der Waals surface area contributed by atoms with Crippen molar-refractivity contribution in [3.05, 3.63) is 76.0 Å². The van der Waals surface area contributed by atoms with Crippen LogP contribution in [-0.2, 0) is 11.8 Å². The monoisotopic (exact) mass is 484 g/mol. The third kappa shape index (κ3) is 4.27. The van der Waals surface area contributed by atoms with Crippen LogP contribution in [0.15, 0.2) is 41.7 Å². The SMILES string of the molecule is CNc1ncc2c(n1)N1CCN=C1C(c1cc(CC(=O)c3cc(C(C)(C)C)ccn3)c(F)cc1C)=C2. The Balaban J connectivity index is 1.53. The zero-order valence-corrected chi connectivity index (χ0v) is 21.2. The molecular weight excluding hydrogens is 455 g/mol. The number of hydrogen-bond acceptors (Lipinski definition) is 7. The van der Waals surface area contributed by atoms with Gasteiger partial charge in [0.1, 0.15) is 23.2 Å². The number of halogens is 1. The number of Topliss-reactive ketones (excluding diaryl/α,β-unsaturated/α-hetero) is 1. The van der Waals surface area contributed by atoms with Gasteiger partial charge in [0.05, 0.1) is 6.54 Å². The zero-order chi connectivity index (χ0) is 25.6. The van der Waals surface area contributed by atoms with Crippen LogP contribution in [0, 0.1) is 12.7 Å². The summed E-state index contributed by atoms with van der Waals surface area (Å²) in [5.41, 5.74) is 4.93. The number of rotatable bonds is 5. The number of pyridine rings is 1. The summed E-state index contributed by atoms with van der Waals surface area (Å²) in [6.07, 6.45) is 5.34. The maximum absolute atomic E-state index is 15.1. The molecular formula is C28H29FN6O. The summed E-state index contributed by atoms with van der Waals surface area (Å²) in [5, 5.41) is 2.98. The molecule has 8 heteroatoms. The van der Waals surface area contributed by atoms with E-state index in [1.165, 1.54) is 6.07 Å². The number of ketones is 1. The lowest BCUT2D eigenvalue weighted by Gasteiger charge is -2.28. The highest BCUT2D eigenvalue weighted by atomic mass is 19.1. The van der Waals surface area contributed by atoms with Crippen LogP contribution < -0.4 is 10.2 Å². The van der Waals surface area contributed by atoms with Gasteiger partial charge in [0.25, 0.3) is 0 Å². The molecule has 0 bridgehead atoms. The van der Waals surface area contributed by atoms with Gasteiger partial charge in [-0.15, -0.1) is 0 Å². The summed E-state index contributed by atoms with van der Waals surface area (Å²) in [6.45, 7) is 9.47. The molecule has 7 nitrogen and oxygen atoms in total. The average Bonchev–Trinajstić information content (AvgIpc) is 3.35. The Hall–Kier alpha value is -3.94. The Morgan fingerprint density at radius 3 is 2.75 bits per heavy atom. The van der Waals surface area contributed by atoms with Gasteiger partial charge in [0.15, 0.2) is 5.78 Å². The van der Waals surface area contributed by atoms with Crippen molar-refractivity contribution >= 4 is 35.0 Å². The van der Waals surface area contributed by atoms with Gasteiger partial charge in [-0.05, 0) is 64.9 Å². The van der Waals surface area contributed by atoms with Gasteiger partial charge in [-0.2, -0.15) is 4.98 Å². The molecule has 36 heavy (non-hydrogen) atoms. The highest BCUT2D eigenvalue weighted by molar-refractivity contribution is 6.35. The van der Waals surface area contributed by atoms with Crippen molar-refractivity contribution in [2.75, 3.05) is 30.4 Å². The van der Waals surface area contributed by atoms with Gasteiger partial charge in [-0.1, -0.05) is 20.8 Å². The fraction of sp³-hybridized carbons (Fsp3) is 0.321. The van der Waals surface area contributed by atoms with Gasteiger partial charge in [0.2, 0.25) is 5.95 Å². The molecule has 1 aromatic carbocycles. The first-order chi connectivity index (χ1) is 17.2. The predicted molar refractivity (Wildman–Crippen MR) is 141 cm³/mol. The standard InChI is InChI=1S/C28H29FN6O/c1-16-10-22(29)17(13-24(36)23-14-19(6-7-31-23)28(2,3)4)11-20(16)21-12-18-15-33-27(30-5)34-25(18)35-9-8-32-26(21)35/h6-7,10-12,14-15H,8-9,13H2,1-5H3,(H,30,33,34). The van der Waals surface area contributed by atoms with E-state index in [1.807, 2.05) is 19.1 Å². The minimum absolute atomic E-state index is 0.0750. The molecule has 0 saturated heterocycles. The van der Waals surface area contributed by atoms with Crippen LogP contribution in [0.3, 0.4) is 0 Å². The second-order valence-corrected chi connectivity index (χ2v) is 10.2. The van der Waals surface area contributed by atoms with Crippen molar-refractivity contribution < 1.29 is 9.18 Å². The van der Waals surface area contributed by atoms with Crippen molar-refractivity contribution in [3.63, 3.8) is 0 Å². The summed E-state index contributed by atoms with van der Waals surface area (Å²) in [7, 11) is 1.78. The molecule has 2 aliphatic heterocycles. The van der Waals surface area contributed by atoms with Crippen molar-refractivity contribution in [2.45, 2.75) is 39.5 Å². The van der Waals surface area contributed by atoms with E-state index in [9.17, 15) is 4.79 Å². The minimum Gasteiger partial charge on any atom is -0.357 e. The van der Waals surface area contributed by atoms with E-state index in [0.29, 0.717) is 30.3 Å². The van der Waals surface area contributed by atoms with E-state index in [4.69, 9.17) is 4.99 Å². The van der Waals surface area contributed by atoms with E-state index >= 15 is 4.39 Å². The molecule has 0 fully saturated rings. The number of nitrogens with one attached hydrogen (secondary N) is 1. The first-order valence-electron chi connectivity index (χ1n) is 12.0. The normalized spacial score (nSPS) is 14.7. The largest absolute Gasteiger partial charge is 0.357 e. The fourth-order valence-electron chi connectivity index (χ4n) is 4.58. The number of nitrogens with zero attached hydrogens (tertiary/aromatic N) is 5. The molecule has 0 spiro atoms. The zero-order valence-electron chi connectivity index (χ0n) is 21.2. The molecule has 4 heterocycles. The van der Waals surface area contributed by atoms with Gasteiger partial charge in [-0.25, -0.2) is 9.37 Å². The second kappa shape index (κ2) is 8.93. The molecule has 2 aliphatic rings. The van der Waals surface area contributed by atoms with Crippen LogP contribution in [0.25, 0.3) is 11.6 Å². The maximum Gasteiger partial charge on any atom is 0.224 e. The van der Waals surface area contributed by atoms with Gasteiger partial charge < -0.3 is 10.2 Å². The molecule has 184 valence electrons.